The van der Waals surface area contributed by atoms with Gasteiger partial charge in [0, 0.05) is 11.0 Å². The zero-order valence-electron chi connectivity index (χ0n) is 8.67. The number of carbonyl (C=O) groups excluding carboxylic acids is 1. The van der Waals surface area contributed by atoms with Crippen LogP contribution in [0.5, 0.6) is 0 Å². The van der Waals surface area contributed by atoms with Crippen molar-refractivity contribution in [1.82, 2.24) is 10.6 Å². The van der Waals surface area contributed by atoms with Crippen LogP contribution in [0.3, 0.4) is 0 Å². The smallest absolute Gasteiger partial charge is 0.315 e. The molecular formula is C10H17IN2OS. The lowest BCUT2D eigenvalue weighted by Crippen LogP contribution is -2.36. The fourth-order valence-electron chi connectivity index (χ4n) is 2.18. The van der Waals surface area contributed by atoms with E-state index in [0.29, 0.717) is 17.3 Å². The van der Waals surface area contributed by atoms with Gasteiger partial charge in [-0.05, 0) is 17.3 Å². The largest absolute Gasteiger partial charge is 0.332 e. The minimum atomic E-state index is 0.0268. The van der Waals surface area contributed by atoms with Crippen LogP contribution in [0, 0.1) is 0 Å². The quantitative estimate of drug-likeness (QED) is 0.346. The summed E-state index contributed by atoms with van der Waals surface area (Å²) < 4.78 is 5.30. The van der Waals surface area contributed by atoms with E-state index >= 15 is 0 Å². The SMILES string of the molecule is C=ICCCCC1SCC2NC(=O)NC21. The van der Waals surface area contributed by atoms with Crippen LogP contribution in [0.1, 0.15) is 19.3 Å². The number of hydrogen-bond acceptors (Lipinski definition) is 2. The third kappa shape index (κ3) is 2.87. The monoisotopic (exact) mass is 340 g/mol. The topological polar surface area (TPSA) is 41.1 Å². The first kappa shape index (κ1) is 11.7. The van der Waals surface area contributed by atoms with E-state index < -0.39 is 0 Å². The number of amides is 2. The standard InChI is InChI=1S/C10H17IN2OS/c1-11-5-3-2-4-8-9-7(6-15-8)12-10(14)13-9/h7-9H,1-6H2,(H2,12,13,14). The molecule has 2 heterocycles. The molecule has 0 aromatic carbocycles. The molecule has 0 aliphatic carbocycles. The van der Waals surface area contributed by atoms with Crippen molar-refractivity contribution in [2.24, 2.45) is 0 Å². The van der Waals surface area contributed by atoms with Crippen LogP contribution in [0.15, 0.2) is 0 Å². The second-order valence-electron chi connectivity index (χ2n) is 4.00. The molecule has 86 valence electrons. The van der Waals surface area contributed by atoms with Crippen LogP contribution in [-0.4, -0.2) is 38.1 Å². The number of hydrogen-bond donors (Lipinski definition) is 2. The maximum atomic E-state index is 11.1. The number of thioether (sulfide) groups is 1. The van der Waals surface area contributed by atoms with Crippen LogP contribution in [0.25, 0.3) is 0 Å². The summed E-state index contributed by atoms with van der Waals surface area (Å²) in [6, 6.07) is 0.795. The van der Waals surface area contributed by atoms with Crippen molar-refractivity contribution in [2.75, 3.05) is 10.2 Å². The molecule has 2 rings (SSSR count). The molecule has 0 aromatic heterocycles. The summed E-state index contributed by atoms with van der Waals surface area (Å²) in [5.41, 5.74) is 0. The predicted molar refractivity (Wildman–Crippen MR) is 75.3 cm³/mol. The van der Waals surface area contributed by atoms with Crippen molar-refractivity contribution in [3.8, 4) is 0 Å². The number of unbranched alkanes of at least 4 members (excludes halogenated alkanes) is 1. The molecule has 3 unspecified atom stereocenters. The van der Waals surface area contributed by atoms with Crippen LogP contribution in [-0.2, 0) is 0 Å². The summed E-state index contributed by atoms with van der Waals surface area (Å²) in [7, 11) is 0. The van der Waals surface area contributed by atoms with Crippen molar-refractivity contribution >= 4 is 43.0 Å². The van der Waals surface area contributed by atoms with Crippen molar-refractivity contribution in [1.29, 1.82) is 0 Å². The second-order valence-corrected chi connectivity index (χ2v) is 7.43. The van der Waals surface area contributed by atoms with E-state index in [1.165, 1.54) is 23.7 Å². The molecular weight excluding hydrogens is 323 g/mol. The van der Waals surface area contributed by atoms with Crippen LogP contribution in [0.4, 0.5) is 4.79 Å². The van der Waals surface area contributed by atoms with Gasteiger partial charge in [-0.3, -0.25) is 0 Å². The van der Waals surface area contributed by atoms with Crippen molar-refractivity contribution < 1.29 is 4.79 Å². The number of rotatable bonds is 5. The molecule has 0 radical (unpaired) electrons. The van der Waals surface area contributed by atoms with Crippen molar-refractivity contribution in [3.63, 3.8) is 0 Å². The average Bonchev–Trinajstić information content (AvgIpc) is 2.73. The van der Waals surface area contributed by atoms with E-state index in [2.05, 4.69) is 15.1 Å². The molecule has 2 N–H and O–H groups in total. The van der Waals surface area contributed by atoms with Gasteiger partial charge in [-0.1, -0.05) is 10.9 Å². The van der Waals surface area contributed by atoms with Crippen molar-refractivity contribution in [2.45, 2.75) is 36.6 Å². The normalized spacial score (nSPS) is 33.6. The Kier molecular flexibility index (Phi) is 4.30. The molecule has 2 amide bonds. The Bertz CT molecular complexity index is 262. The average molecular weight is 340 g/mol. The Balaban J connectivity index is 1.74. The molecule has 2 saturated heterocycles. The van der Waals surface area contributed by atoms with Gasteiger partial charge in [0.05, 0.1) is 12.1 Å². The zero-order chi connectivity index (χ0) is 10.7. The summed E-state index contributed by atoms with van der Waals surface area (Å²) in [5.74, 6) is 1.08. The van der Waals surface area contributed by atoms with E-state index in [-0.39, 0.29) is 26.8 Å². The zero-order valence-corrected chi connectivity index (χ0v) is 11.6. The molecule has 0 aromatic rings. The number of alkyl halides is 1. The Labute approximate surface area is 105 Å². The molecule has 5 heteroatoms. The minimum Gasteiger partial charge on any atom is -0.332 e. The lowest BCUT2D eigenvalue weighted by molar-refractivity contribution is 0.247. The maximum absolute atomic E-state index is 11.1. The first-order chi connectivity index (χ1) is 7.31. The molecule has 15 heavy (non-hydrogen) atoms. The van der Waals surface area contributed by atoms with Gasteiger partial charge in [0.2, 0.25) is 0 Å². The van der Waals surface area contributed by atoms with E-state index in [9.17, 15) is 4.79 Å². The van der Waals surface area contributed by atoms with Crippen molar-refractivity contribution in [3.05, 3.63) is 0 Å². The fraction of sp³-hybridized carbons (Fsp3) is 0.800. The highest BCUT2D eigenvalue weighted by molar-refractivity contribution is 14.2. The molecule has 2 aliphatic heterocycles. The number of halogens is 1. The molecule has 0 bridgehead atoms. The molecule has 2 fully saturated rings. The molecule has 2 aliphatic rings. The first-order valence-corrected chi connectivity index (χ1v) is 9.42. The van der Waals surface area contributed by atoms with Gasteiger partial charge in [0.25, 0.3) is 0 Å². The highest BCUT2D eigenvalue weighted by Crippen LogP contribution is 2.33. The first-order valence-electron chi connectivity index (χ1n) is 5.32. The predicted octanol–water partition coefficient (Wildman–Crippen LogP) is 1.72. The number of carbonyl (C=O) groups is 1. The lowest BCUT2D eigenvalue weighted by atomic mass is 10.0. The third-order valence-corrected chi connectivity index (χ3v) is 5.98. The number of nitrogens with one attached hydrogen (secondary N) is 2. The molecule has 0 saturated carbocycles. The molecule has 3 atom stereocenters. The Morgan fingerprint density at radius 1 is 1.47 bits per heavy atom. The molecule has 0 spiro atoms. The third-order valence-electron chi connectivity index (χ3n) is 2.94. The molecule has 3 nitrogen and oxygen atoms in total. The highest BCUT2D eigenvalue weighted by Gasteiger charge is 2.42. The summed E-state index contributed by atoms with van der Waals surface area (Å²) in [4.78, 5) is 11.1. The van der Waals surface area contributed by atoms with Gasteiger partial charge in [0.1, 0.15) is 0 Å². The van der Waals surface area contributed by atoms with E-state index in [0.717, 1.165) is 5.75 Å². The number of urea groups is 1. The minimum absolute atomic E-state index is 0.0268. The Morgan fingerprint density at radius 3 is 3.13 bits per heavy atom. The summed E-state index contributed by atoms with van der Waals surface area (Å²) in [6.45, 7) is 0. The van der Waals surface area contributed by atoms with Gasteiger partial charge in [0.15, 0.2) is 0 Å². The van der Waals surface area contributed by atoms with E-state index in [4.69, 9.17) is 0 Å². The number of fused-ring (bicyclic) bond motifs is 1. The second kappa shape index (κ2) is 5.52. The highest BCUT2D eigenvalue weighted by atomic mass is 127. The lowest BCUT2D eigenvalue weighted by Gasteiger charge is -2.16. The van der Waals surface area contributed by atoms with Crippen LogP contribution < -0.4 is 10.6 Å². The summed E-state index contributed by atoms with van der Waals surface area (Å²) in [6.07, 6.45) is 3.87. The van der Waals surface area contributed by atoms with Crippen LogP contribution in [0.2, 0.25) is 0 Å². The van der Waals surface area contributed by atoms with Gasteiger partial charge in [-0.15, -0.1) is 20.7 Å². The fourth-order valence-corrected chi connectivity index (χ4v) is 4.80. The van der Waals surface area contributed by atoms with Gasteiger partial charge < -0.3 is 10.6 Å². The summed E-state index contributed by atoms with van der Waals surface area (Å²) >= 11 is 2.23. The summed E-state index contributed by atoms with van der Waals surface area (Å²) in [5, 5.41) is 6.64. The van der Waals surface area contributed by atoms with E-state index in [1.807, 2.05) is 11.8 Å². The Morgan fingerprint density at radius 2 is 2.33 bits per heavy atom. The van der Waals surface area contributed by atoms with Gasteiger partial charge in [-0.25, -0.2) is 4.79 Å². The van der Waals surface area contributed by atoms with Gasteiger partial charge in [-0.2, -0.15) is 11.8 Å². The van der Waals surface area contributed by atoms with Crippen LogP contribution >= 0.6 is 32.5 Å². The van der Waals surface area contributed by atoms with Gasteiger partial charge >= 0.3 is 6.03 Å². The Hall–Kier alpha value is 0.220. The maximum Gasteiger partial charge on any atom is 0.315 e. The van der Waals surface area contributed by atoms with E-state index in [1.54, 1.807) is 0 Å².